The SMILES string of the molecule is CN(CC(=O)Nc1cccnc1N1CCCC1)C(=O)OC(C)(C)C. The summed E-state index contributed by atoms with van der Waals surface area (Å²) >= 11 is 0. The van der Waals surface area contributed by atoms with Gasteiger partial charge in [-0.15, -0.1) is 0 Å². The molecule has 7 heteroatoms. The molecule has 0 unspecified atom stereocenters. The second-order valence-electron chi connectivity index (χ2n) is 6.95. The lowest BCUT2D eigenvalue weighted by molar-refractivity contribution is -0.117. The minimum atomic E-state index is -0.589. The molecule has 7 nitrogen and oxygen atoms in total. The normalized spacial score (nSPS) is 14.4. The van der Waals surface area contributed by atoms with Crippen molar-refractivity contribution in [2.75, 3.05) is 36.9 Å². The maximum atomic E-state index is 12.3. The van der Waals surface area contributed by atoms with E-state index in [0.29, 0.717) is 5.69 Å². The summed E-state index contributed by atoms with van der Waals surface area (Å²) < 4.78 is 5.24. The van der Waals surface area contributed by atoms with Crippen molar-refractivity contribution in [2.45, 2.75) is 39.2 Å². The number of nitrogens with zero attached hydrogens (tertiary/aromatic N) is 3. The number of anilines is 2. The van der Waals surface area contributed by atoms with E-state index in [4.69, 9.17) is 4.74 Å². The van der Waals surface area contributed by atoms with Crippen LogP contribution in [0.15, 0.2) is 18.3 Å². The first kappa shape index (κ1) is 18.0. The van der Waals surface area contributed by atoms with E-state index in [1.54, 1.807) is 33.0 Å². The molecule has 2 amide bonds. The van der Waals surface area contributed by atoms with Crippen LogP contribution in [0.2, 0.25) is 0 Å². The quantitative estimate of drug-likeness (QED) is 0.915. The van der Waals surface area contributed by atoms with Gasteiger partial charge in [-0.3, -0.25) is 4.79 Å². The summed E-state index contributed by atoms with van der Waals surface area (Å²) in [4.78, 5) is 32.0. The Labute approximate surface area is 143 Å². The van der Waals surface area contributed by atoms with E-state index in [0.717, 1.165) is 31.7 Å². The molecule has 0 saturated carbocycles. The monoisotopic (exact) mass is 334 g/mol. The molecule has 24 heavy (non-hydrogen) atoms. The Hall–Kier alpha value is -2.31. The first-order chi connectivity index (χ1) is 11.3. The zero-order chi connectivity index (χ0) is 17.7. The molecular formula is C17H26N4O3. The number of rotatable bonds is 4. The van der Waals surface area contributed by atoms with Gasteiger partial charge in [0.2, 0.25) is 5.91 Å². The number of amides is 2. The number of carbonyl (C=O) groups is 2. The molecule has 0 radical (unpaired) electrons. The Morgan fingerprint density at radius 2 is 2.00 bits per heavy atom. The number of pyridine rings is 1. The predicted molar refractivity (Wildman–Crippen MR) is 93.2 cm³/mol. The van der Waals surface area contributed by atoms with E-state index >= 15 is 0 Å². The molecule has 1 aliphatic rings. The first-order valence-electron chi connectivity index (χ1n) is 8.20. The third-order valence-corrected chi connectivity index (χ3v) is 3.55. The average molecular weight is 334 g/mol. The fraction of sp³-hybridized carbons (Fsp3) is 0.588. The van der Waals surface area contributed by atoms with Crippen LogP contribution in [0.25, 0.3) is 0 Å². The highest BCUT2D eigenvalue weighted by Crippen LogP contribution is 2.26. The molecule has 1 aromatic heterocycles. The van der Waals surface area contributed by atoms with Gasteiger partial charge in [0, 0.05) is 26.3 Å². The third-order valence-electron chi connectivity index (χ3n) is 3.55. The predicted octanol–water partition coefficient (Wildman–Crippen LogP) is 2.49. The van der Waals surface area contributed by atoms with Crippen molar-refractivity contribution in [1.29, 1.82) is 0 Å². The number of hydrogen-bond acceptors (Lipinski definition) is 5. The fourth-order valence-corrected chi connectivity index (χ4v) is 2.49. The highest BCUT2D eigenvalue weighted by atomic mass is 16.6. The number of likely N-dealkylation sites (N-methyl/N-ethyl adjacent to an activating group) is 1. The average Bonchev–Trinajstić information content (AvgIpc) is 2.99. The molecular weight excluding hydrogens is 308 g/mol. The van der Waals surface area contributed by atoms with Crippen LogP contribution in [-0.4, -0.2) is 54.2 Å². The lowest BCUT2D eigenvalue weighted by atomic mass is 10.2. The maximum Gasteiger partial charge on any atom is 0.410 e. The van der Waals surface area contributed by atoms with Crippen LogP contribution in [-0.2, 0) is 9.53 Å². The van der Waals surface area contributed by atoms with E-state index in [-0.39, 0.29) is 12.5 Å². The van der Waals surface area contributed by atoms with Crippen LogP contribution in [0.5, 0.6) is 0 Å². The summed E-state index contributed by atoms with van der Waals surface area (Å²) in [6.45, 7) is 7.17. The highest BCUT2D eigenvalue weighted by Gasteiger charge is 2.22. The van der Waals surface area contributed by atoms with Gasteiger partial charge in [0.25, 0.3) is 0 Å². The molecule has 0 atom stereocenters. The van der Waals surface area contributed by atoms with E-state index in [9.17, 15) is 9.59 Å². The number of aromatic nitrogens is 1. The number of ether oxygens (including phenoxy) is 1. The van der Waals surface area contributed by atoms with Crippen molar-refractivity contribution in [2.24, 2.45) is 0 Å². The zero-order valence-corrected chi connectivity index (χ0v) is 14.8. The lowest BCUT2D eigenvalue weighted by Gasteiger charge is -2.24. The van der Waals surface area contributed by atoms with Gasteiger partial charge >= 0.3 is 6.09 Å². The van der Waals surface area contributed by atoms with Gasteiger partial charge < -0.3 is 19.9 Å². The van der Waals surface area contributed by atoms with E-state index < -0.39 is 11.7 Å². The zero-order valence-electron chi connectivity index (χ0n) is 14.8. The topological polar surface area (TPSA) is 74.8 Å². The van der Waals surface area contributed by atoms with Gasteiger partial charge in [-0.05, 0) is 45.7 Å². The van der Waals surface area contributed by atoms with E-state index in [1.165, 1.54) is 11.9 Å². The van der Waals surface area contributed by atoms with Gasteiger partial charge in [-0.25, -0.2) is 9.78 Å². The second kappa shape index (κ2) is 7.51. The van der Waals surface area contributed by atoms with Gasteiger partial charge in [0.1, 0.15) is 12.1 Å². The summed E-state index contributed by atoms with van der Waals surface area (Å²) in [5, 5.41) is 2.84. The van der Waals surface area contributed by atoms with Crippen molar-refractivity contribution in [3.05, 3.63) is 18.3 Å². The van der Waals surface area contributed by atoms with Crippen molar-refractivity contribution >= 4 is 23.5 Å². The molecule has 0 spiro atoms. The Kier molecular flexibility index (Phi) is 5.64. The largest absolute Gasteiger partial charge is 0.444 e. The van der Waals surface area contributed by atoms with Crippen LogP contribution < -0.4 is 10.2 Å². The molecule has 1 saturated heterocycles. The summed E-state index contributed by atoms with van der Waals surface area (Å²) in [6.07, 6.45) is 3.45. The van der Waals surface area contributed by atoms with Crippen molar-refractivity contribution in [3.63, 3.8) is 0 Å². The Balaban J connectivity index is 1.96. The lowest BCUT2D eigenvalue weighted by Crippen LogP contribution is -2.39. The summed E-state index contributed by atoms with van der Waals surface area (Å²) in [5.41, 5.74) is 0.0793. The Morgan fingerprint density at radius 3 is 2.62 bits per heavy atom. The van der Waals surface area contributed by atoms with Crippen LogP contribution >= 0.6 is 0 Å². The smallest absolute Gasteiger partial charge is 0.410 e. The Morgan fingerprint density at radius 1 is 1.33 bits per heavy atom. The van der Waals surface area contributed by atoms with Crippen molar-refractivity contribution in [3.8, 4) is 0 Å². The number of carbonyl (C=O) groups excluding carboxylic acids is 2. The minimum Gasteiger partial charge on any atom is -0.444 e. The van der Waals surface area contributed by atoms with Crippen molar-refractivity contribution < 1.29 is 14.3 Å². The molecule has 2 heterocycles. The number of hydrogen-bond donors (Lipinski definition) is 1. The van der Waals surface area contributed by atoms with Gasteiger partial charge in [0.15, 0.2) is 5.82 Å². The van der Waals surface area contributed by atoms with Crippen LogP contribution in [0.3, 0.4) is 0 Å². The third kappa shape index (κ3) is 5.11. The molecule has 1 N–H and O–H groups in total. The Bertz CT molecular complexity index is 592. The van der Waals surface area contributed by atoms with Crippen LogP contribution in [0, 0.1) is 0 Å². The number of nitrogens with one attached hydrogen (secondary N) is 1. The molecule has 1 fully saturated rings. The summed E-state index contributed by atoms with van der Waals surface area (Å²) in [6, 6.07) is 3.61. The summed E-state index contributed by atoms with van der Waals surface area (Å²) in [5.74, 6) is 0.500. The van der Waals surface area contributed by atoms with Gasteiger partial charge in [-0.2, -0.15) is 0 Å². The molecule has 1 aliphatic heterocycles. The van der Waals surface area contributed by atoms with Crippen LogP contribution in [0.4, 0.5) is 16.3 Å². The molecule has 0 bridgehead atoms. The maximum absolute atomic E-state index is 12.3. The van der Waals surface area contributed by atoms with Crippen LogP contribution in [0.1, 0.15) is 33.6 Å². The van der Waals surface area contributed by atoms with Gasteiger partial charge in [0.05, 0.1) is 5.69 Å². The fourth-order valence-electron chi connectivity index (χ4n) is 2.49. The van der Waals surface area contributed by atoms with E-state index in [2.05, 4.69) is 15.2 Å². The van der Waals surface area contributed by atoms with E-state index in [1.807, 2.05) is 6.07 Å². The van der Waals surface area contributed by atoms with Gasteiger partial charge in [-0.1, -0.05) is 0 Å². The molecule has 2 rings (SSSR count). The molecule has 0 aromatic carbocycles. The minimum absolute atomic E-state index is 0.0801. The summed E-state index contributed by atoms with van der Waals surface area (Å²) in [7, 11) is 1.54. The van der Waals surface area contributed by atoms with Crippen molar-refractivity contribution in [1.82, 2.24) is 9.88 Å². The highest BCUT2D eigenvalue weighted by molar-refractivity contribution is 5.96. The molecule has 1 aromatic rings. The second-order valence-corrected chi connectivity index (χ2v) is 6.95. The first-order valence-corrected chi connectivity index (χ1v) is 8.20. The standard InChI is InChI=1S/C17H26N4O3/c1-17(2,3)24-16(23)20(4)12-14(22)19-13-8-7-9-18-15(13)21-10-5-6-11-21/h7-9H,5-6,10-12H2,1-4H3,(H,19,22). The molecule has 0 aliphatic carbocycles. The molecule has 132 valence electrons.